The second-order valence-electron chi connectivity index (χ2n) is 5.39. The molecule has 1 aromatic carbocycles. The van der Waals surface area contributed by atoms with Gasteiger partial charge in [-0.25, -0.2) is 4.39 Å². The SMILES string of the molecule is Cc1ccc(NC(=O)[C@H](C)[NH+]2CCCCC2)cc1F. The average Bonchev–Trinajstić information content (AvgIpc) is 2.43. The number of likely N-dealkylation sites (tertiary alicyclic amines) is 1. The molecule has 3 nitrogen and oxygen atoms in total. The minimum atomic E-state index is -0.282. The molecule has 4 heteroatoms. The van der Waals surface area contributed by atoms with Gasteiger partial charge in [0, 0.05) is 5.69 Å². The molecule has 1 fully saturated rings. The zero-order valence-corrected chi connectivity index (χ0v) is 11.6. The number of carbonyl (C=O) groups is 1. The van der Waals surface area contributed by atoms with Crippen LogP contribution in [0.1, 0.15) is 31.7 Å². The molecule has 0 saturated carbocycles. The van der Waals surface area contributed by atoms with Gasteiger partial charge in [-0.3, -0.25) is 4.79 Å². The molecule has 0 unspecified atom stereocenters. The fourth-order valence-corrected chi connectivity index (χ4v) is 2.55. The maximum Gasteiger partial charge on any atom is 0.282 e. The number of quaternary nitrogens is 1. The first-order valence-corrected chi connectivity index (χ1v) is 6.99. The third kappa shape index (κ3) is 3.53. The van der Waals surface area contributed by atoms with Gasteiger partial charge < -0.3 is 10.2 Å². The van der Waals surface area contributed by atoms with Gasteiger partial charge in [-0.15, -0.1) is 0 Å². The number of halogens is 1. The van der Waals surface area contributed by atoms with E-state index in [2.05, 4.69) is 5.32 Å². The molecule has 1 saturated heterocycles. The van der Waals surface area contributed by atoms with Crippen molar-refractivity contribution >= 4 is 11.6 Å². The van der Waals surface area contributed by atoms with Gasteiger partial charge in [-0.2, -0.15) is 0 Å². The van der Waals surface area contributed by atoms with Crippen molar-refractivity contribution in [1.29, 1.82) is 0 Å². The molecule has 2 rings (SSSR count). The molecule has 1 aliphatic heterocycles. The Bertz CT molecular complexity index is 455. The van der Waals surface area contributed by atoms with E-state index in [4.69, 9.17) is 0 Å². The molecule has 0 radical (unpaired) electrons. The van der Waals surface area contributed by atoms with E-state index in [0.29, 0.717) is 11.3 Å². The van der Waals surface area contributed by atoms with Crippen LogP contribution in [0.15, 0.2) is 18.2 Å². The Labute approximate surface area is 113 Å². The van der Waals surface area contributed by atoms with Crippen molar-refractivity contribution in [3.8, 4) is 0 Å². The zero-order valence-electron chi connectivity index (χ0n) is 11.6. The summed E-state index contributed by atoms with van der Waals surface area (Å²) < 4.78 is 13.4. The molecule has 1 atom stereocenters. The first-order valence-electron chi connectivity index (χ1n) is 6.99. The van der Waals surface area contributed by atoms with Crippen molar-refractivity contribution in [2.75, 3.05) is 18.4 Å². The fourth-order valence-electron chi connectivity index (χ4n) is 2.55. The summed E-state index contributed by atoms with van der Waals surface area (Å²) >= 11 is 0. The van der Waals surface area contributed by atoms with Gasteiger partial charge in [0.25, 0.3) is 5.91 Å². The minimum Gasteiger partial charge on any atom is -0.325 e. The lowest BCUT2D eigenvalue weighted by Crippen LogP contribution is -3.17. The predicted molar refractivity (Wildman–Crippen MR) is 73.8 cm³/mol. The molecule has 1 aliphatic rings. The largest absolute Gasteiger partial charge is 0.325 e. The molecule has 19 heavy (non-hydrogen) atoms. The molecular weight excluding hydrogens is 243 g/mol. The molecule has 1 amide bonds. The minimum absolute atomic E-state index is 0.0276. The summed E-state index contributed by atoms with van der Waals surface area (Å²) in [5.74, 6) is -0.309. The summed E-state index contributed by atoms with van der Waals surface area (Å²) in [6.07, 6.45) is 3.64. The van der Waals surface area contributed by atoms with E-state index < -0.39 is 0 Å². The quantitative estimate of drug-likeness (QED) is 0.854. The second-order valence-corrected chi connectivity index (χ2v) is 5.39. The summed E-state index contributed by atoms with van der Waals surface area (Å²) in [7, 11) is 0. The smallest absolute Gasteiger partial charge is 0.282 e. The van der Waals surface area contributed by atoms with Crippen LogP contribution in [0.4, 0.5) is 10.1 Å². The molecule has 0 aliphatic carbocycles. The number of benzene rings is 1. The van der Waals surface area contributed by atoms with Crippen LogP contribution < -0.4 is 10.2 Å². The number of piperidine rings is 1. The van der Waals surface area contributed by atoms with E-state index in [1.807, 2.05) is 6.92 Å². The molecular formula is C15H22FN2O+. The molecule has 104 valence electrons. The topological polar surface area (TPSA) is 33.5 Å². The number of amides is 1. The van der Waals surface area contributed by atoms with Crippen LogP contribution >= 0.6 is 0 Å². The van der Waals surface area contributed by atoms with E-state index >= 15 is 0 Å². The van der Waals surface area contributed by atoms with Crippen molar-refractivity contribution in [2.45, 2.75) is 39.2 Å². The zero-order chi connectivity index (χ0) is 13.8. The highest BCUT2D eigenvalue weighted by atomic mass is 19.1. The van der Waals surface area contributed by atoms with E-state index in [1.165, 1.54) is 30.2 Å². The van der Waals surface area contributed by atoms with Crippen LogP contribution in [0.2, 0.25) is 0 Å². The van der Waals surface area contributed by atoms with E-state index in [9.17, 15) is 9.18 Å². The summed E-state index contributed by atoms with van der Waals surface area (Å²) in [6, 6.07) is 4.73. The van der Waals surface area contributed by atoms with E-state index in [-0.39, 0.29) is 17.8 Å². The number of aryl methyl sites for hydroxylation is 1. The van der Waals surface area contributed by atoms with Gasteiger partial charge in [0.2, 0.25) is 0 Å². The fraction of sp³-hybridized carbons (Fsp3) is 0.533. The van der Waals surface area contributed by atoms with Crippen molar-refractivity contribution in [2.24, 2.45) is 0 Å². The summed E-state index contributed by atoms with van der Waals surface area (Å²) in [5, 5.41) is 2.81. The maximum absolute atomic E-state index is 13.4. The number of carbonyl (C=O) groups excluding carboxylic acids is 1. The number of nitrogens with one attached hydrogen (secondary N) is 2. The van der Waals surface area contributed by atoms with Crippen molar-refractivity contribution < 1.29 is 14.1 Å². The first-order chi connectivity index (χ1) is 9.08. The standard InChI is InChI=1S/C15H21FN2O/c1-11-6-7-13(10-14(11)16)17-15(19)12(2)18-8-4-3-5-9-18/h6-7,10,12H,3-5,8-9H2,1-2H3,(H,17,19)/p+1/t12-/m0/s1. The Hall–Kier alpha value is -1.42. The third-order valence-corrected chi connectivity index (χ3v) is 3.94. The Balaban J connectivity index is 1.97. The first kappa shape index (κ1) is 14.0. The molecule has 2 N–H and O–H groups in total. The van der Waals surface area contributed by atoms with Gasteiger partial charge in [-0.1, -0.05) is 6.07 Å². The Morgan fingerprint density at radius 1 is 1.32 bits per heavy atom. The highest BCUT2D eigenvalue weighted by molar-refractivity contribution is 5.93. The molecule has 1 heterocycles. The van der Waals surface area contributed by atoms with Crippen LogP contribution in [0.5, 0.6) is 0 Å². The average molecular weight is 265 g/mol. The highest BCUT2D eigenvalue weighted by Gasteiger charge is 2.26. The van der Waals surface area contributed by atoms with Gasteiger partial charge in [0.05, 0.1) is 13.1 Å². The van der Waals surface area contributed by atoms with Crippen LogP contribution in [0.3, 0.4) is 0 Å². The van der Waals surface area contributed by atoms with Gasteiger partial charge >= 0.3 is 0 Å². The summed E-state index contributed by atoms with van der Waals surface area (Å²) in [4.78, 5) is 13.5. The van der Waals surface area contributed by atoms with Gasteiger partial charge in [0.1, 0.15) is 5.82 Å². The molecule has 0 bridgehead atoms. The number of hydrogen-bond acceptors (Lipinski definition) is 1. The second kappa shape index (κ2) is 6.15. The third-order valence-electron chi connectivity index (χ3n) is 3.94. The molecule has 0 spiro atoms. The summed E-state index contributed by atoms with van der Waals surface area (Å²) in [5.41, 5.74) is 1.13. The van der Waals surface area contributed by atoms with Crippen molar-refractivity contribution in [3.63, 3.8) is 0 Å². The maximum atomic E-state index is 13.4. The van der Waals surface area contributed by atoms with Crippen molar-refractivity contribution in [3.05, 3.63) is 29.6 Å². The number of hydrogen-bond donors (Lipinski definition) is 2. The number of rotatable bonds is 3. The lowest BCUT2D eigenvalue weighted by atomic mass is 10.1. The van der Waals surface area contributed by atoms with E-state index in [0.717, 1.165) is 13.1 Å². The molecule has 0 aromatic heterocycles. The Morgan fingerprint density at radius 3 is 2.63 bits per heavy atom. The van der Waals surface area contributed by atoms with Crippen LogP contribution in [0, 0.1) is 12.7 Å². The van der Waals surface area contributed by atoms with Gasteiger partial charge in [0.15, 0.2) is 6.04 Å². The van der Waals surface area contributed by atoms with Gasteiger partial charge in [-0.05, 0) is 50.8 Å². The monoisotopic (exact) mass is 265 g/mol. The Morgan fingerprint density at radius 2 is 2.00 bits per heavy atom. The van der Waals surface area contributed by atoms with Crippen LogP contribution in [0.25, 0.3) is 0 Å². The Kier molecular flexibility index (Phi) is 4.53. The van der Waals surface area contributed by atoms with Crippen molar-refractivity contribution in [1.82, 2.24) is 0 Å². The summed E-state index contributed by atoms with van der Waals surface area (Å²) in [6.45, 7) is 5.76. The normalized spacial score (nSPS) is 18.1. The van der Waals surface area contributed by atoms with E-state index in [1.54, 1.807) is 19.1 Å². The predicted octanol–water partition coefficient (Wildman–Crippen LogP) is 1.53. The number of anilines is 1. The highest BCUT2D eigenvalue weighted by Crippen LogP contribution is 2.13. The van der Waals surface area contributed by atoms with Crippen LogP contribution in [-0.4, -0.2) is 25.0 Å². The van der Waals surface area contributed by atoms with Crippen LogP contribution in [-0.2, 0) is 4.79 Å². The molecule has 1 aromatic rings. The lowest BCUT2D eigenvalue weighted by molar-refractivity contribution is -0.918. The lowest BCUT2D eigenvalue weighted by Gasteiger charge is -2.28.